The number of nitrogens with one attached hydrogen (secondary N) is 3. The van der Waals surface area contributed by atoms with Crippen LogP contribution in [0.1, 0.15) is 37.1 Å². The number of ether oxygens (including phenoxy) is 1. The predicted octanol–water partition coefficient (Wildman–Crippen LogP) is 3.13. The molecule has 1 aromatic heterocycles. The van der Waals surface area contributed by atoms with Crippen molar-refractivity contribution in [2.45, 2.75) is 58.0 Å². The number of carbonyl (C=O) groups is 3. The normalized spacial score (nSPS) is 13.8. The number of rotatable bonds is 13. The van der Waals surface area contributed by atoms with Crippen molar-refractivity contribution in [2.24, 2.45) is 5.92 Å². The lowest BCUT2D eigenvalue weighted by atomic mass is 9.96. The van der Waals surface area contributed by atoms with Crippen LogP contribution in [-0.4, -0.2) is 46.2 Å². The standard InChI is InChI=1S/C30H36N4O5/c1-3-21(2)26(34-30(38)39-20-23-14-8-5-9-15-23)28(36)33-25(18-22-12-6-4-7-13-22)27(35)29(37)32-19-24-16-10-11-17-31-24/h4-17,21,25-27,35H,3,18-20H2,1-2H3,(H,32,37)(H,33,36)(H,34,38)/t21-,25-,26-,27+/m0/s1. The van der Waals surface area contributed by atoms with Gasteiger partial charge in [0, 0.05) is 6.20 Å². The molecule has 4 atom stereocenters. The van der Waals surface area contributed by atoms with Crippen molar-refractivity contribution in [1.82, 2.24) is 20.9 Å². The molecule has 0 bridgehead atoms. The van der Waals surface area contributed by atoms with Crippen LogP contribution in [0.3, 0.4) is 0 Å². The van der Waals surface area contributed by atoms with Crippen LogP contribution in [0.15, 0.2) is 85.1 Å². The van der Waals surface area contributed by atoms with E-state index in [4.69, 9.17) is 4.74 Å². The summed E-state index contributed by atoms with van der Waals surface area (Å²) < 4.78 is 5.31. The van der Waals surface area contributed by atoms with Crippen molar-refractivity contribution in [1.29, 1.82) is 0 Å². The average molecular weight is 533 g/mol. The van der Waals surface area contributed by atoms with Gasteiger partial charge in [-0.3, -0.25) is 14.6 Å². The van der Waals surface area contributed by atoms with Crippen LogP contribution in [0.2, 0.25) is 0 Å². The van der Waals surface area contributed by atoms with Crippen LogP contribution in [0.25, 0.3) is 0 Å². The Morgan fingerprint density at radius 3 is 2.13 bits per heavy atom. The van der Waals surface area contributed by atoms with Crippen molar-refractivity contribution in [3.8, 4) is 0 Å². The van der Waals surface area contributed by atoms with E-state index >= 15 is 0 Å². The number of hydrogen-bond donors (Lipinski definition) is 4. The summed E-state index contributed by atoms with van der Waals surface area (Å²) in [4.78, 5) is 43.0. The maximum absolute atomic E-state index is 13.4. The third kappa shape index (κ3) is 9.54. The van der Waals surface area contributed by atoms with Crippen molar-refractivity contribution in [3.63, 3.8) is 0 Å². The molecule has 39 heavy (non-hydrogen) atoms. The van der Waals surface area contributed by atoms with Gasteiger partial charge in [0.1, 0.15) is 12.6 Å². The van der Waals surface area contributed by atoms with Crippen molar-refractivity contribution in [2.75, 3.05) is 0 Å². The van der Waals surface area contributed by atoms with Crippen LogP contribution in [0, 0.1) is 5.92 Å². The van der Waals surface area contributed by atoms with Gasteiger partial charge in [0.15, 0.2) is 6.10 Å². The first-order chi connectivity index (χ1) is 18.9. The summed E-state index contributed by atoms with van der Waals surface area (Å²) in [5.41, 5.74) is 2.28. The van der Waals surface area contributed by atoms with E-state index in [-0.39, 0.29) is 25.5 Å². The summed E-state index contributed by atoms with van der Waals surface area (Å²) >= 11 is 0. The third-order valence-electron chi connectivity index (χ3n) is 6.43. The van der Waals surface area contributed by atoms with Gasteiger partial charge < -0.3 is 25.8 Å². The van der Waals surface area contributed by atoms with E-state index in [2.05, 4.69) is 20.9 Å². The van der Waals surface area contributed by atoms with Gasteiger partial charge in [0.25, 0.3) is 5.91 Å². The zero-order valence-electron chi connectivity index (χ0n) is 22.2. The molecule has 0 unspecified atom stereocenters. The van der Waals surface area contributed by atoms with Gasteiger partial charge in [-0.15, -0.1) is 0 Å². The lowest BCUT2D eigenvalue weighted by Crippen LogP contribution is -2.57. The Labute approximate surface area is 229 Å². The molecule has 0 aliphatic rings. The number of alkyl carbamates (subject to hydrolysis) is 1. The van der Waals surface area contributed by atoms with Crippen molar-refractivity contribution < 1.29 is 24.2 Å². The molecule has 1 heterocycles. The Balaban J connectivity index is 1.69. The molecule has 4 N–H and O–H groups in total. The molecule has 0 radical (unpaired) electrons. The van der Waals surface area contributed by atoms with Crippen molar-refractivity contribution >= 4 is 17.9 Å². The van der Waals surface area contributed by atoms with E-state index in [0.29, 0.717) is 12.1 Å². The van der Waals surface area contributed by atoms with Gasteiger partial charge in [0.2, 0.25) is 5.91 Å². The third-order valence-corrected chi connectivity index (χ3v) is 6.43. The maximum Gasteiger partial charge on any atom is 0.408 e. The first kappa shape index (κ1) is 29.3. The zero-order valence-corrected chi connectivity index (χ0v) is 22.2. The number of pyridine rings is 1. The molecule has 3 amide bonds. The zero-order chi connectivity index (χ0) is 28.0. The van der Waals surface area contributed by atoms with Gasteiger partial charge in [-0.25, -0.2) is 4.79 Å². The summed E-state index contributed by atoms with van der Waals surface area (Å²) in [6.45, 7) is 3.94. The summed E-state index contributed by atoms with van der Waals surface area (Å²) in [5.74, 6) is -1.39. The molecule has 9 nitrogen and oxygen atoms in total. The molecular formula is C30H36N4O5. The fraction of sp³-hybridized carbons (Fsp3) is 0.333. The Morgan fingerprint density at radius 2 is 1.51 bits per heavy atom. The Bertz CT molecular complexity index is 1180. The first-order valence-corrected chi connectivity index (χ1v) is 13.0. The fourth-order valence-electron chi connectivity index (χ4n) is 3.94. The van der Waals surface area contributed by atoms with Crippen molar-refractivity contribution in [3.05, 3.63) is 102 Å². The molecule has 2 aromatic carbocycles. The molecule has 0 spiro atoms. The van der Waals surface area contributed by atoms with Crippen LogP contribution < -0.4 is 16.0 Å². The smallest absolute Gasteiger partial charge is 0.408 e. The minimum atomic E-state index is -1.54. The van der Waals surface area contributed by atoms with E-state index in [0.717, 1.165) is 11.1 Å². The second-order valence-corrected chi connectivity index (χ2v) is 9.36. The number of aliphatic hydroxyl groups is 1. The first-order valence-electron chi connectivity index (χ1n) is 13.0. The molecule has 0 saturated heterocycles. The highest BCUT2D eigenvalue weighted by Gasteiger charge is 2.33. The Morgan fingerprint density at radius 1 is 0.872 bits per heavy atom. The van der Waals surface area contributed by atoms with Crippen LogP contribution in [-0.2, 0) is 33.9 Å². The maximum atomic E-state index is 13.4. The van der Waals surface area contributed by atoms with E-state index in [1.807, 2.05) is 74.5 Å². The number of aliphatic hydroxyl groups excluding tert-OH is 1. The van der Waals surface area contributed by atoms with E-state index < -0.39 is 36.1 Å². The average Bonchev–Trinajstić information content (AvgIpc) is 2.98. The molecule has 3 rings (SSSR count). The molecule has 0 aliphatic carbocycles. The lowest BCUT2D eigenvalue weighted by molar-refractivity contribution is -0.133. The van der Waals surface area contributed by atoms with E-state index in [9.17, 15) is 19.5 Å². The highest BCUT2D eigenvalue weighted by atomic mass is 16.5. The minimum absolute atomic E-state index is 0.0628. The molecule has 206 valence electrons. The van der Waals surface area contributed by atoms with Gasteiger partial charge in [0.05, 0.1) is 18.3 Å². The van der Waals surface area contributed by atoms with Gasteiger partial charge >= 0.3 is 6.09 Å². The minimum Gasteiger partial charge on any atom is -0.445 e. The predicted molar refractivity (Wildman–Crippen MR) is 147 cm³/mol. The van der Waals surface area contributed by atoms with Gasteiger partial charge in [-0.1, -0.05) is 87.0 Å². The topological polar surface area (TPSA) is 130 Å². The summed E-state index contributed by atoms with van der Waals surface area (Å²) in [7, 11) is 0. The Kier molecular flexibility index (Phi) is 11.5. The largest absolute Gasteiger partial charge is 0.445 e. The quantitative estimate of drug-likeness (QED) is 0.268. The fourth-order valence-corrected chi connectivity index (χ4v) is 3.94. The molecule has 0 saturated carbocycles. The van der Waals surface area contributed by atoms with Crippen LogP contribution >= 0.6 is 0 Å². The molecule has 0 aliphatic heterocycles. The number of hydrogen-bond acceptors (Lipinski definition) is 6. The SMILES string of the molecule is CC[C@H](C)[C@H](NC(=O)OCc1ccccc1)C(=O)N[C@@H](Cc1ccccc1)[C@@H](O)C(=O)NCc1ccccn1. The summed E-state index contributed by atoms with van der Waals surface area (Å²) in [6.07, 6.45) is 0.153. The van der Waals surface area contributed by atoms with E-state index in [1.165, 1.54) is 0 Å². The summed E-state index contributed by atoms with van der Waals surface area (Å²) in [5, 5.41) is 19.1. The van der Waals surface area contributed by atoms with E-state index in [1.54, 1.807) is 24.4 Å². The number of benzene rings is 2. The molecular weight excluding hydrogens is 496 g/mol. The molecule has 3 aromatic rings. The molecule has 9 heteroatoms. The van der Waals surface area contributed by atoms with Gasteiger partial charge in [-0.05, 0) is 35.6 Å². The highest BCUT2D eigenvalue weighted by Crippen LogP contribution is 2.12. The second kappa shape index (κ2) is 15.2. The summed E-state index contributed by atoms with van der Waals surface area (Å²) in [6, 6.07) is 21.9. The monoisotopic (exact) mass is 532 g/mol. The molecule has 0 fully saturated rings. The number of aromatic nitrogens is 1. The van der Waals surface area contributed by atoms with Crippen LogP contribution in [0.5, 0.6) is 0 Å². The number of nitrogens with zero attached hydrogens (tertiary/aromatic N) is 1. The number of carbonyl (C=O) groups excluding carboxylic acids is 3. The second-order valence-electron chi connectivity index (χ2n) is 9.36. The van der Waals surface area contributed by atoms with Gasteiger partial charge in [-0.2, -0.15) is 0 Å². The number of amides is 3. The lowest BCUT2D eigenvalue weighted by Gasteiger charge is -2.28. The highest BCUT2D eigenvalue weighted by molar-refractivity contribution is 5.87. The Hall–Kier alpha value is -4.24. The van der Waals surface area contributed by atoms with Crippen LogP contribution in [0.4, 0.5) is 4.79 Å².